The van der Waals surface area contributed by atoms with Crippen molar-refractivity contribution >= 4 is 17.3 Å². The van der Waals surface area contributed by atoms with Gasteiger partial charge in [-0.3, -0.25) is 4.40 Å². The molecule has 8 heteroatoms. The Morgan fingerprint density at radius 2 is 2.09 bits per heavy atom. The van der Waals surface area contributed by atoms with E-state index in [4.69, 9.17) is 16.3 Å². The number of anilines is 1. The smallest absolute Gasteiger partial charge is 0.208 e. The van der Waals surface area contributed by atoms with Gasteiger partial charge in [0, 0.05) is 48.6 Å². The number of imidazole rings is 1. The second-order valence-electron chi connectivity index (χ2n) is 8.73. The van der Waals surface area contributed by atoms with Gasteiger partial charge in [-0.1, -0.05) is 18.2 Å². The van der Waals surface area contributed by atoms with Crippen molar-refractivity contribution in [3.63, 3.8) is 0 Å². The van der Waals surface area contributed by atoms with Crippen molar-refractivity contribution in [2.75, 3.05) is 26.0 Å². The van der Waals surface area contributed by atoms with Gasteiger partial charge in [0.25, 0.3) is 0 Å². The van der Waals surface area contributed by atoms with Crippen LogP contribution < -0.4 is 10.1 Å². The lowest BCUT2D eigenvalue weighted by Crippen LogP contribution is -2.10. The number of hydrogen-bond acceptors (Lipinski definition) is 5. The molecule has 7 nitrogen and oxygen atoms in total. The molecule has 0 atom stereocenters. The summed E-state index contributed by atoms with van der Waals surface area (Å²) in [4.78, 5) is 15.2. The molecule has 0 unspecified atom stereocenters. The number of aryl methyl sites for hydroxylation is 1. The van der Waals surface area contributed by atoms with Crippen LogP contribution in [0.15, 0.2) is 42.7 Å². The number of hydrogen-bond donors (Lipinski definition) is 1. The number of rotatable bonds is 6. The van der Waals surface area contributed by atoms with Crippen molar-refractivity contribution in [1.82, 2.24) is 19.3 Å². The summed E-state index contributed by atoms with van der Waals surface area (Å²) in [6, 6.07) is 9.04. The molecule has 2 aromatic carbocycles. The molecule has 1 aliphatic heterocycles. The van der Waals surface area contributed by atoms with Gasteiger partial charge in [0.15, 0.2) is 5.69 Å². The maximum atomic E-state index is 14.6. The Hall–Kier alpha value is -3.96. The summed E-state index contributed by atoms with van der Waals surface area (Å²) in [6.07, 6.45) is 4.31. The van der Waals surface area contributed by atoms with E-state index in [1.54, 1.807) is 12.3 Å². The average molecular weight is 457 g/mol. The Kier molecular flexibility index (Phi) is 5.64. The highest BCUT2D eigenvalue weighted by Gasteiger charge is 2.20. The summed E-state index contributed by atoms with van der Waals surface area (Å²) in [5.74, 6) is 1.05. The molecule has 0 aliphatic carbocycles. The van der Waals surface area contributed by atoms with Gasteiger partial charge in [0.1, 0.15) is 17.2 Å². The van der Waals surface area contributed by atoms with Crippen LogP contribution in [0.3, 0.4) is 0 Å². The van der Waals surface area contributed by atoms with Gasteiger partial charge in [-0.15, -0.1) is 0 Å². The molecule has 1 N–H and O–H groups in total. The van der Waals surface area contributed by atoms with Gasteiger partial charge in [0.05, 0.1) is 18.9 Å². The highest BCUT2D eigenvalue weighted by molar-refractivity contribution is 5.87. The lowest BCUT2D eigenvalue weighted by Gasteiger charge is -2.14. The lowest BCUT2D eigenvalue weighted by molar-refractivity contribution is 0.356. The van der Waals surface area contributed by atoms with Gasteiger partial charge in [-0.2, -0.15) is 0 Å². The standard InChI is InChI=1S/C26H25FN6O/c1-16-14-33-25(31-16)21(18-6-5-17(15-32(3)4)11-23(18)28-2)13-30-26(33)29-12-20-19-9-10-34-24(19)8-7-22(20)27/h5-8,11,13-14H,9-10,12,15H2,1,3-4H3,(H,29,30). The number of benzene rings is 2. The molecule has 0 bridgehead atoms. The minimum atomic E-state index is -0.258. The number of nitrogens with one attached hydrogen (secondary N) is 1. The molecular weight excluding hydrogens is 431 g/mol. The monoisotopic (exact) mass is 456 g/mol. The number of ether oxygens (including phenoxy) is 1. The summed E-state index contributed by atoms with van der Waals surface area (Å²) in [5.41, 5.74) is 6.22. The predicted molar refractivity (Wildman–Crippen MR) is 130 cm³/mol. The van der Waals surface area contributed by atoms with Gasteiger partial charge in [0.2, 0.25) is 5.95 Å². The molecule has 0 fully saturated rings. The second kappa shape index (κ2) is 8.76. The van der Waals surface area contributed by atoms with Crippen LogP contribution in [0.5, 0.6) is 5.75 Å². The maximum Gasteiger partial charge on any atom is 0.208 e. The Morgan fingerprint density at radius 3 is 2.88 bits per heavy atom. The van der Waals surface area contributed by atoms with E-state index in [-0.39, 0.29) is 12.4 Å². The Balaban J connectivity index is 1.52. The fourth-order valence-corrected chi connectivity index (χ4v) is 4.45. The SMILES string of the molecule is [C-]#[N+]c1cc(CN(C)C)ccc1-c1cnc(NCc2c(F)ccc3c2CCO3)n2cc(C)nc12. The highest BCUT2D eigenvalue weighted by Crippen LogP contribution is 2.35. The summed E-state index contributed by atoms with van der Waals surface area (Å²) in [6.45, 7) is 11.2. The molecule has 0 spiro atoms. The Bertz CT molecular complexity index is 1440. The third-order valence-corrected chi connectivity index (χ3v) is 5.95. The summed E-state index contributed by atoms with van der Waals surface area (Å²) < 4.78 is 22.0. The van der Waals surface area contributed by atoms with Gasteiger partial charge < -0.3 is 15.0 Å². The molecule has 0 saturated heterocycles. The Morgan fingerprint density at radius 1 is 1.24 bits per heavy atom. The van der Waals surface area contributed by atoms with E-state index in [0.29, 0.717) is 35.9 Å². The van der Waals surface area contributed by atoms with E-state index in [1.165, 1.54) is 6.07 Å². The predicted octanol–water partition coefficient (Wildman–Crippen LogP) is 5.00. The molecule has 0 amide bonds. The van der Waals surface area contributed by atoms with Crippen LogP contribution in [0.25, 0.3) is 21.6 Å². The average Bonchev–Trinajstić information content (AvgIpc) is 3.44. The molecule has 34 heavy (non-hydrogen) atoms. The van der Waals surface area contributed by atoms with E-state index in [0.717, 1.165) is 40.2 Å². The zero-order valence-electron chi connectivity index (χ0n) is 19.4. The van der Waals surface area contributed by atoms with E-state index >= 15 is 0 Å². The third kappa shape index (κ3) is 3.95. The highest BCUT2D eigenvalue weighted by atomic mass is 19.1. The summed E-state index contributed by atoms with van der Waals surface area (Å²) in [5, 5.41) is 3.28. The first-order valence-corrected chi connectivity index (χ1v) is 11.1. The third-order valence-electron chi connectivity index (χ3n) is 5.95. The molecule has 3 heterocycles. The summed E-state index contributed by atoms with van der Waals surface area (Å²) >= 11 is 0. The molecular formula is C26H25FN6O. The fourth-order valence-electron chi connectivity index (χ4n) is 4.45. The topological polar surface area (TPSA) is 59.0 Å². The van der Waals surface area contributed by atoms with Crippen molar-refractivity contribution in [2.24, 2.45) is 0 Å². The van der Waals surface area contributed by atoms with Gasteiger partial charge >= 0.3 is 0 Å². The zero-order valence-corrected chi connectivity index (χ0v) is 19.4. The minimum Gasteiger partial charge on any atom is -0.493 e. The van der Waals surface area contributed by atoms with E-state index in [1.807, 2.05) is 49.8 Å². The number of halogens is 1. The summed E-state index contributed by atoms with van der Waals surface area (Å²) in [7, 11) is 4.00. The number of fused-ring (bicyclic) bond motifs is 2. The lowest BCUT2D eigenvalue weighted by atomic mass is 10.0. The molecule has 0 radical (unpaired) electrons. The molecule has 1 aliphatic rings. The molecule has 2 aromatic heterocycles. The first kappa shape index (κ1) is 21.9. The van der Waals surface area contributed by atoms with Crippen LogP contribution in [0, 0.1) is 19.3 Å². The van der Waals surface area contributed by atoms with Gasteiger partial charge in [-0.05, 0) is 44.3 Å². The fraction of sp³-hybridized carbons (Fsp3) is 0.269. The zero-order chi connectivity index (χ0) is 23.8. The first-order chi connectivity index (χ1) is 16.4. The van der Waals surface area contributed by atoms with E-state index in [2.05, 4.69) is 20.0 Å². The van der Waals surface area contributed by atoms with E-state index < -0.39 is 0 Å². The van der Waals surface area contributed by atoms with Gasteiger partial charge in [-0.25, -0.2) is 19.2 Å². The van der Waals surface area contributed by atoms with Crippen molar-refractivity contribution in [3.8, 4) is 16.9 Å². The van der Waals surface area contributed by atoms with Crippen LogP contribution in [0.2, 0.25) is 0 Å². The molecule has 0 saturated carbocycles. The number of aromatic nitrogens is 3. The second-order valence-corrected chi connectivity index (χ2v) is 8.73. The molecule has 172 valence electrons. The Labute approximate surface area is 197 Å². The molecule has 4 aromatic rings. The van der Waals surface area contributed by atoms with Crippen LogP contribution in [-0.4, -0.2) is 40.0 Å². The van der Waals surface area contributed by atoms with Crippen molar-refractivity contribution in [2.45, 2.75) is 26.4 Å². The number of nitrogens with zero attached hydrogens (tertiary/aromatic N) is 5. The van der Waals surface area contributed by atoms with Crippen LogP contribution >= 0.6 is 0 Å². The van der Waals surface area contributed by atoms with Crippen molar-refractivity contribution < 1.29 is 9.13 Å². The van der Waals surface area contributed by atoms with Crippen LogP contribution in [-0.2, 0) is 19.5 Å². The van der Waals surface area contributed by atoms with Crippen molar-refractivity contribution in [3.05, 3.63) is 82.3 Å². The quantitative estimate of drug-likeness (QED) is 0.414. The minimum absolute atomic E-state index is 0.258. The normalized spacial score (nSPS) is 12.6. The van der Waals surface area contributed by atoms with Crippen molar-refractivity contribution in [1.29, 1.82) is 0 Å². The molecule has 5 rings (SSSR count). The maximum absolute atomic E-state index is 14.6. The van der Waals surface area contributed by atoms with E-state index in [9.17, 15) is 4.39 Å². The van der Waals surface area contributed by atoms with Crippen LogP contribution in [0.1, 0.15) is 22.4 Å². The largest absolute Gasteiger partial charge is 0.493 e. The van der Waals surface area contributed by atoms with Crippen LogP contribution in [0.4, 0.5) is 16.0 Å². The first-order valence-electron chi connectivity index (χ1n) is 11.1.